The lowest BCUT2D eigenvalue weighted by molar-refractivity contribution is -0.0427. The van der Waals surface area contributed by atoms with Crippen LogP contribution < -0.4 is 11.1 Å². The summed E-state index contributed by atoms with van der Waals surface area (Å²) in [7, 11) is 1.72. The largest absolute Gasteiger partial charge is 0.385 e. The Hall–Kier alpha value is -0.160. The predicted octanol–water partition coefficient (Wildman–Crippen LogP) is 1.54. The summed E-state index contributed by atoms with van der Waals surface area (Å²) in [6, 6.07) is 0. The van der Waals surface area contributed by atoms with Crippen molar-refractivity contribution in [2.75, 3.05) is 33.4 Å². The first-order valence-corrected chi connectivity index (χ1v) is 6.41. The highest BCUT2D eigenvalue weighted by Crippen LogP contribution is 2.17. The zero-order valence-electron chi connectivity index (χ0n) is 12.1. The van der Waals surface area contributed by atoms with Gasteiger partial charge in [-0.1, -0.05) is 0 Å². The van der Waals surface area contributed by atoms with Gasteiger partial charge in [0.1, 0.15) is 0 Å². The van der Waals surface area contributed by atoms with Crippen molar-refractivity contribution in [3.8, 4) is 0 Å². The molecule has 0 aromatic carbocycles. The number of hydrogen-bond acceptors (Lipinski definition) is 4. The minimum absolute atomic E-state index is 0.0801. The van der Waals surface area contributed by atoms with Crippen molar-refractivity contribution in [2.24, 2.45) is 5.73 Å². The van der Waals surface area contributed by atoms with Crippen molar-refractivity contribution >= 4 is 0 Å². The summed E-state index contributed by atoms with van der Waals surface area (Å²) in [5.74, 6) is 0. The van der Waals surface area contributed by atoms with Crippen LogP contribution >= 0.6 is 0 Å². The molecule has 0 aromatic heterocycles. The van der Waals surface area contributed by atoms with E-state index in [1.165, 1.54) is 0 Å². The highest BCUT2D eigenvalue weighted by molar-refractivity contribution is 4.78. The first kappa shape index (κ1) is 16.8. The minimum atomic E-state index is -0.111. The van der Waals surface area contributed by atoms with E-state index in [4.69, 9.17) is 15.2 Å². The number of methoxy groups -OCH3 is 1. The second kappa shape index (κ2) is 8.03. The van der Waals surface area contributed by atoms with Gasteiger partial charge in [0.15, 0.2) is 0 Å². The SMILES string of the molecule is COCCC(C)(C)OCCC(C)(C)NCCN. The Morgan fingerprint density at radius 2 is 1.71 bits per heavy atom. The zero-order valence-corrected chi connectivity index (χ0v) is 12.1. The first-order chi connectivity index (χ1) is 7.83. The summed E-state index contributed by atoms with van der Waals surface area (Å²) in [4.78, 5) is 0. The molecule has 0 fully saturated rings. The van der Waals surface area contributed by atoms with Crippen LogP contribution in [-0.2, 0) is 9.47 Å². The molecule has 0 aliphatic rings. The Kier molecular flexibility index (Phi) is 7.96. The predicted molar refractivity (Wildman–Crippen MR) is 72.3 cm³/mol. The molecule has 3 N–H and O–H groups in total. The monoisotopic (exact) mass is 246 g/mol. The van der Waals surface area contributed by atoms with Crippen LogP contribution in [-0.4, -0.2) is 44.6 Å². The lowest BCUT2D eigenvalue weighted by Gasteiger charge is -2.30. The Morgan fingerprint density at radius 3 is 2.24 bits per heavy atom. The van der Waals surface area contributed by atoms with Crippen LogP contribution in [0.25, 0.3) is 0 Å². The molecular formula is C13H30N2O2. The smallest absolute Gasteiger partial charge is 0.0648 e. The highest BCUT2D eigenvalue weighted by Gasteiger charge is 2.21. The quantitative estimate of drug-likeness (QED) is 0.614. The molecule has 0 aliphatic carbocycles. The fourth-order valence-corrected chi connectivity index (χ4v) is 1.50. The van der Waals surface area contributed by atoms with Gasteiger partial charge in [-0.05, 0) is 40.5 Å². The van der Waals surface area contributed by atoms with E-state index in [0.29, 0.717) is 6.54 Å². The Labute approximate surface area is 106 Å². The molecule has 0 radical (unpaired) electrons. The van der Waals surface area contributed by atoms with Gasteiger partial charge in [0, 0.05) is 39.0 Å². The molecule has 0 unspecified atom stereocenters. The normalized spacial score (nSPS) is 13.1. The van der Waals surface area contributed by atoms with Gasteiger partial charge in [-0.25, -0.2) is 0 Å². The van der Waals surface area contributed by atoms with Crippen molar-refractivity contribution in [3.05, 3.63) is 0 Å². The summed E-state index contributed by atoms with van der Waals surface area (Å²) in [6.45, 7) is 11.6. The molecule has 0 aliphatic heterocycles. The summed E-state index contributed by atoms with van der Waals surface area (Å²) in [5.41, 5.74) is 5.45. The van der Waals surface area contributed by atoms with Crippen molar-refractivity contribution in [2.45, 2.75) is 51.7 Å². The fraction of sp³-hybridized carbons (Fsp3) is 1.00. The van der Waals surface area contributed by atoms with E-state index in [9.17, 15) is 0 Å². The maximum atomic E-state index is 5.90. The van der Waals surface area contributed by atoms with Crippen LogP contribution in [0.4, 0.5) is 0 Å². The molecule has 0 saturated heterocycles. The van der Waals surface area contributed by atoms with Gasteiger partial charge in [0.05, 0.1) is 5.60 Å². The molecule has 104 valence electrons. The number of ether oxygens (including phenoxy) is 2. The van der Waals surface area contributed by atoms with E-state index >= 15 is 0 Å². The third kappa shape index (κ3) is 9.53. The van der Waals surface area contributed by atoms with Gasteiger partial charge in [-0.3, -0.25) is 0 Å². The molecule has 0 bridgehead atoms. The van der Waals surface area contributed by atoms with Crippen molar-refractivity contribution in [3.63, 3.8) is 0 Å². The Morgan fingerprint density at radius 1 is 1.06 bits per heavy atom. The lowest BCUT2D eigenvalue weighted by atomic mass is 10.0. The third-order valence-electron chi connectivity index (χ3n) is 2.88. The van der Waals surface area contributed by atoms with Crippen molar-refractivity contribution < 1.29 is 9.47 Å². The van der Waals surface area contributed by atoms with Gasteiger partial charge in [-0.2, -0.15) is 0 Å². The molecule has 17 heavy (non-hydrogen) atoms. The second-order valence-electron chi connectivity index (χ2n) is 5.70. The number of nitrogens with one attached hydrogen (secondary N) is 1. The van der Waals surface area contributed by atoms with Gasteiger partial charge in [0.2, 0.25) is 0 Å². The van der Waals surface area contributed by atoms with E-state index < -0.39 is 0 Å². The van der Waals surface area contributed by atoms with Gasteiger partial charge in [-0.15, -0.1) is 0 Å². The first-order valence-electron chi connectivity index (χ1n) is 6.41. The Balaban J connectivity index is 3.80. The molecule has 4 nitrogen and oxygen atoms in total. The van der Waals surface area contributed by atoms with Crippen LogP contribution in [0.5, 0.6) is 0 Å². The lowest BCUT2D eigenvalue weighted by Crippen LogP contribution is -2.43. The van der Waals surface area contributed by atoms with Gasteiger partial charge >= 0.3 is 0 Å². The number of nitrogens with two attached hydrogens (primary N) is 1. The van der Waals surface area contributed by atoms with Crippen molar-refractivity contribution in [1.29, 1.82) is 0 Å². The summed E-state index contributed by atoms with van der Waals surface area (Å²) in [6.07, 6.45) is 1.89. The maximum Gasteiger partial charge on any atom is 0.0648 e. The molecular weight excluding hydrogens is 216 g/mol. The fourth-order valence-electron chi connectivity index (χ4n) is 1.50. The van der Waals surface area contributed by atoms with Crippen LogP contribution in [0.3, 0.4) is 0 Å². The molecule has 0 heterocycles. The highest BCUT2D eigenvalue weighted by atomic mass is 16.5. The van der Waals surface area contributed by atoms with E-state index in [1.54, 1.807) is 7.11 Å². The maximum absolute atomic E-state index is 5.90. The van der Waals surface area contributed by atoms with E-state index in [0.717, 1.165) is 32.6 Å². The standard InChI is InChI=1S/C13H30N2O2/c1-12(2,15-9-8-14)6-11-17-13(3,4)7-10-16-5/h15H,6-11,14H2,1-5H3. The van der Waals surface area contributed by atoms with Crippen LogP contribution in [0.2, 0.25) is 0 Å². The molecule has 0 atom stereocenters. The summed E-state index contributed by atoms with van der Waals surface area (Å²) < 4.78 is 11.0. The molecule has 0 amide bonds. The minimum Gasteiger partial charge on any atom is -0.385 e. The van der Waals surface area contributed by atoms with Gasteiger partial charge in [0.25, 0.3) is 0 Å². The van der Waals surface area contributed by atoms with Crippen molar-refractivity contribution in [1.82, 2.24) is 5.32 Å². The third-order valence-corrected chi connectivity index (χ3v) is 2.88. The van der Waals surface area contributed by atoms with Crippen LogP contribution in [0.1, 0.15) is 40.5 Å². The molecule has 4 heteroatoms. The second-order valence-corrected chi connectivity index (χ2v) is 5.70. The average Bonchev–Trinajstić information content (AvgIpc) is 2.23. The summed E-state index contributed by atoms with van der Waals surface area (Å²) >= 11 is 0. The topological polar surface area (TPSA) is 56.5 Å². The average molecular weight is 246 g/mol. The number of rotatable bonds is 10. The number of hydrogen-bond donors (Lipinski definition) is 2. The van der Waals surface area contributed by atoms with Crippen LogP contribution in [0, 0.1) is 0 Å². The Bertz CT molecular complexity index is 174. The molecule has 0 rings (SSSR count). The van der Waals surface area contributed by atoms with E-state index in [1.807, 2.05) is 0 Å². The zero-order chi connectivity index (χ0) is 13.4. The summed E-state index contributed by atoms with van der Waals surface area (Å²) in [5, 5.41) is 3.41. The van der Waals surface area contributed by atoms with E-state index in [-0.39, 0.29) is 11.1 Å². The van der Waals surface area contributed by atoms with Crippen LogP contribution in [0.15, 0.2) is 0 Å². The molecule has 0 spiro atoms. The van der Waals surface area contributed by atoms with Gasteiger partial charge < -0.3 is 20.5 Å². The van der Waals surface area contributed by atoms with E-state index in [2.05, 4.69) is 33.0 Å². The molecule has 0 aromatic rings. The molecule has 0 saturated carbocycles.